The normalized spacial score (nSPS) is 13.0. The smallest absolute Gasteiger partial charge is 0.326 e. The molecule has 2 heterocycles. The van der Waals surface area contributed by atoms with Gasteiger partial charge in [0, 0.05) is 11.6 Å². The lowest BCUT2D eigenvalue weighted by Gasteiger charge is -2.19. The van der Waals surface area contributed by atoms with E-state index in [1.54, 1.807) is 11.3 Å². The number of aliphatic carboxylic acids is 1. The van der Waals surface area contributed by atoms with Crippen molar-refractivity contribution in [1.29, 1.82) is 0 Å². The maximum absolute atomic E-state index is 11.4. The number of nitrogens with zero attached hydrogens (tertiary/aromatic N) is 2. The van der Waals surface area contributed by atoms with E-state index in [9.17, 15) is 9.90 Å². The van der Waals surface area contributed by atoms with E-state index < -0.39 is 12.0 Å². The maximum atomic E-state index is 11.4. The standard InChI is InChI=1S/C14H21N3O2S/c1-4-5-6-10-12(16-11(9(2)3)13(18)19)17-7-8-20-14(17)15-10/h7-9,11,16H,4-6H2,1-3H3,(H,18,19). The summed E-state index contributed by atoms with van der Waals surface area (Å²) in [6.45, 7) is 5.95. The lowest BCUT2D eigenvalue weighted by atomic mass is 10.0. The molecule has 0 aromatic carbocycles. The predicted octanol–water partition coefficient (Wildman–Crippen LogP) is 3.26. The van der Waals surface area contributed by atoms with Crippen molar-refractivity contribution in [3.8, 4) is 0 Å². The van der Waals surface area contributed by atoms with Gasteiger partial charge in [-0.1, -0.05) is 27.2 Å². The van der Waals surface area contributed by atoms with Crippen molar-refractivity contribution >= 4 is 28.1 Å². The molecule has 2 rings (SSSR count). The third-order valence-electron chi connectivity index (χ3n) is 3.33. The number of hydrogen-bond donors (Lipinski definition) is 2. The van der Waals surface area contributed by atoms with Gasteiger partial charge in [0.05, 0.1) is 5.69 Å². The summed E-state index contributed by atoms with van der Waals surface area (Å²) in [6, 6.07) is -0.602. The van der Waals surface area contributed by atoms with Crippen LogP contribution in [0.5, 0.6) is 0 Å². The molecule has 0 saturated carbocycles. The third kappa shape index (κ3) is 2.95. The first-order chi connectivity index (χ1) is 9.54. The summed E-state index contributed by atoms with van der Waals surface area (Å²) in [6.07, 6.45) is 4.96. The van der Waals surface area contributed by atoms with E-state index in [0.717, 1.165) is 35.7 Å². The predicted molar refractivity (Wildman–Crippen MR) is 81.6 cm³/mol. The first kappa shape index (κ1) is 14.8. The molecule has 0 aliphatic rings. The third-order valence-corrected chi connectivity index (χ3v) is 4.08. The lowest BCUT2D eigenvalue weighted by molar-refractivity contribution is -0.138. The minimum absolute atomic E-state index is 0.00992. The second-order valence-corrected chi connectivity index (χ2v) is 6.14. The molecule has 0 saturated heterocycles. The molecule has 2 aromatic rings. The topological polar surface area (TPSA) is 66.6 Å². The first-order valence-corrected chi connectivity index (χ1v) is 7.86. The summed E-state index contributed by atoms with van der Waals surface area (Å²) in [5, 5.41) is 14.5. The summed E-state index contributed by atoms with van der Waals surface area (Å²) in [5.41, 5.74) is 0.964. The van der Waals surface area contributed by atoms with Crippen LogP contribution in [0.1, 0.15) is 39.3 Å². The number of carboxylic acid groups (broad SMARTS) is 1. The van der Waals surface area contributed by atoms with E-state index in [-0.39, 0.29) is 5.92 Å². The fourth-order valence-electron chi connectivity index (χ4n) is 2.16. The number of imidazole rings is 1. The number of carbonyl (C=O) groups is 1. The summed E-state index contributed by atoms with van der Waals surface area (Å²) in [7, 11) is 0. The van der Waals surface area contributed by atoms with Gasteiger partial charge in [-0.05, 0) is 18.8 Å². The number of carboxylic acids is 1. The molecule has 0 aliphatic heterocycles. The molecular weight excluding hydrogens is 274 g/mol. The van der Waals surface area contributed by atoms with Crippen LogP contribution in [0.3, 0.4) is 0 Å². The van der Waals surface area contributed by atoms with Crippen molar-refractivity contribution in [3.05, 3.63) is 17.3 Å². The number of hydrogen-bond acceptors (Lipinski definition) is 4. The highest BCUT2D eigenvalue weighted by Crippen LogP contribution is 2.25. The second-order valence-electron chi connectivity index (χ2n) is 5.27. The monoisotopic (exact) mass is 295 g/mol. The van der Waals surface area contributed by atoms with Crippen LogP contribution in [0.25, 0.3) is 4.96 Å². The molecule has 1 unspecified atom stereocenters. The number of nitrogens with one attached hydrogen (secondary N) is 1. The fourth-order valence-corrected chi connectivity index (χ4v) is 2.90. The number of thiazole rings is 1. The van der Waals surface area contributed by atoms with E-state index in [2.05, 4.69) is 17.2 Å². The van der Waals surface area contributed by atoms with E-state index in [0.29, 0.717) is 0 Å². The van der Waals surface area contributed by atoms with Gasteiger partial charge in [0.15, 0.2) is 4.96 Å². The summed E-state index contributed by atoms with van der Waals surface area (Å²) < 4.78 is 1.95. The molecule has 0 radical (unpaired) electrons. The lowest BCUT2D eigenvalue weighted by Crippen LogP contribution is -2.35. The first-order valence-electron chi connectivity index (χ1n) is 6.98. The highest BCUT2D eigenvalue weighted by molar-refractivity contribution is 7.15. The van der Waals surface area contributed by atoms with Crippen molar-refractivity contribution in [2.45, 2.75) is 46.1 Å². The van der Waals surface area contributed by atoms with Gasteiger partial charge in [-0.3, -0.25) is 4.40 Å². The van der Waals surface area contributed by atoms with Crippen LogP contribution < -0.4 is 5.32 Å². The minimum Gasteiger partial charge on any atom is -0.480 e. The Hall–Kier alpha value is -1.56. The fraction of sp³-hybridized carbons (Fsp3) is 0.571. The van der Waals surface area contributed by atoms with Gasteiger partial charge in [-0.25, -0.2) is 9.78 Å². The average Bonchev–Trinajstić information content (AvgIpc) is 2.93. The maximum Gasteiger partial charge on any atom is 0.326 e. The number of unbranched alkanes of at least 4 members (excludes halogenated alkanes) is 1. The number of aromatic nitrogens is 2. The molecule has 2 aromatic heterocycles. The largest absolute Gasteiger partial charge is 0.480 e. The molecule has 0 amide bonds. The van der Waals surface area contributed by atoms with E-state index in [1.165, 1.54) is 0 Å². The molecular formula is C14H21N3O2S. The Labute approximate surface area is 122 Å². The Morgan fingerprint density at radius 2 is 2.30 bits per heavy atom. The van der Waals surface area contributed by atoms with Crippen molar-refractivity contribution in [2.75, 3.05) is 5.32 Å². The van der Waals surface area contributed by atoms with Crippen molar-refractivity contribution in [1.82, 2.24) is 9.38 Å². The quantitative estimate of drug-likeness (QED) is 0.823. The van der Waals surface area contributed by atoms with E-state index in [4.69, 9.17) is 0 Å². The molecule has 5 nitrogen and oxygen atoms in total. The second kappa shape index (κ2) is 6.26. The van der Waals surface area contributed by atoms with E-state index in [1.807, 2.05) is 29.8 Å². The SMILES string of the molecule is CCCCc1nc2sccn2c1NC(C(=O)O)C(C)C. The molecule has 110 valence electrons. The number of anilines is 1. The molecule has 0 bridgehead atoms. The summed E-state index contributed by atoms with van der Waals surface area (Å²) in [5.74, 6) is 0.0122. The zero-order chi connectivity index (χ0) is 14.7. The Bertz CT molecular complexity index is 588. The molecule has 1 atom stereocenters. The van der Waals surface area contributed by atoms with Crippen LogP contribution in [0.4, 0.5) is 5.82 Å². The Morgan fingerprint density at radius 3 is 2.90 bits per heavy atom. The van der Waals surface area contributed by atoms with Gasteiger partial charge in [0.25, 0.3) is 0 Å². The van der Waals surface area contributed by atoms with Crippen LogP contribution in [-0.2, 0) is 11.2 Å². The van der Waals surface area contributed by atoms with Crippen LogP contribution in [0.15, 0.2) is 11.6 Å². The van der Waals surface area contributed by atoms with Gasteiger partial charge in [0.1, 0.15) is 11.9 Å². The van der Waals surface area contributed by atoms with Crippen LogP contribution in [-0.4, -0.2) is 26.5 Å². The summed E-state index contributed by atoms with van der Waals surface area (Å²) in [4.78, 5) is 16.9. The zero-order valence-electron chi connectivity index (χ0n) is 12.1. The van der Waals surface area contributed by atoms with Crippen LogP contribution in [0.2, 0.25) is 0 Å². The number of aryl methyl sites for hydroxylation is 1. The number of fused-ring (bicyclic) bond motifs is 1. The van der Waals surface area contributed by atoms with E-state index >= 15 is 0 Å². The zero-order valence-corrected chi connectivity index (χ0v) is 12.9. The Morgan fingerprint density at radius 1 is 1.55 bits per heavy atom. The molecule has 0 fully saturated rings. The van der Waals surface area contributed by atoms with Crippen LogP contribution in [0, 0.1) is 5.92 Å². The van der Waals surface area contributed by atoms with Crippen molar-refractivity contribution < 1.29 is 9.90 Å². The Kier molecular flexibility index (Phi) is 4.65. The molecule has 2 N–H and O–H groups in total. The molecule has 6 heteroatoms. The van der Waals surface area contributed by atoms with Gasteiger partial charge in [0.2, 0.25) is 0 Å². The van der Waals surface area contributed by atoms with Gasteiger partial charge in [-0.15, -0.1) is 11.3 Å². The van der Waals surface area contributed by atoms with Gasteiger partial charge < -0.3 is 10.4 Å². The Balaban J connectivity index is 2.34. The highest BCUT2D eigenvalue weighted by Gasteiger charge is 2.24. The van der Waals surface area contributed by atoms with Crippen LogP contribution >= 0.6 is 11.3 Å². The highest BCUT2D eigenvalue weighted by atomic mass is 32.1. The molecule has 20 heavy (non-hydrogen) atoms. The van der Waals surface area contributed by atoms with Gasteiger partial charge >= 0.3 is 5.97 Å². The average molecular weight is 295 g/mol. The minimum atomic E-state index is -0.827. The summed E-state index contributed by atoms with van der Waals surface area (Å²) >= 11 is 1.56. The molecule has 0 aliphatic carbocycles. The molecule has 0 spiro atoms. The van der Waals surface area contributed by atoms with Crippen molar-refractivity contribution in [3.63, 3.8) is 0 Å². The van der Waals surface area contributed by atoms with Gasteiger partial charge in [-0.2, -0.15) is 0 Å². The number of rotatable bonds is 7. The van der Waals surface area contributed by atoms with Crippen molar-refractivity contribution in [2.24, 2.45) is 5.92 Å².